The number of primary amides is 2. The molecule has 0 atom stereocenters. The van der Waals surface area contributed by atoms with Crippen LogP contribution in [-0.2, 0) is 0 Å². The van der Waals surface area contributed by atoms with Gasteiger partial charge in [-0.3, -0.25) is 10.1 Å². The van der Waals surface area contributed by atoms with Crippen molar-refractivity contribution in [3.8, 4) is 23.1 Å². The molecule has 0 spiro atoms. The second-order valence-corrected chi connectivity index (χ2v) is 4.85. The normalized spacial score (nSPS) is 9.91. The van der Waals surface area contributed by atoms with E-state index >= 15 is 0 Å². The molecule has 23 heavy (non-hydrogen) atoms. The van der Waals surface area contributed by atoms with Gasteiger partial charge in [-0.25, -0.2) is 4.79 Å². The number of carbonyl (C=O) groups is 2. The predicted molar refractivity (Wildman–Crippen MR) is 84.1 cm³/mol. The first-order chi connectivity index (χ1) is 10.9. The molecule has 0 radical (unpaired) electrons. The van der Waals surface area contributed by atoms with Crippen molar-refractivity contribution >= 4 is 29.4 Å². The SMILES string of the molecule is N#CCOc1ccc(Cl)cc1-c1cc(C(N)=O)c(NC(N)=O)[nH]1. The third-order valence-electron chi connectivity index (χ3n) is 2.86. The molecule has 0 saturated carbocycles. The Hall–Kier alpha value is -3.18. The lowest BCUT2D eigenvalue weighted by Crippen LogP contribution is -2.22. The van der Waals surface area contributed by atoms with Gasteiger partial charge >= 0.3 is 6.03 Å². The summed E-state index contributed by atoms with van der Waals surface area (Å²) in [5.74, 6) is -0.317. The van der Waals surface area contributed by atoms with Crippen LogP contribution in [0.5, 0.6) is 5.75 Å². The summed E-state index contributed by atoms with van der Waals surface area (Å²) < 4.78 is 5.32. The highest BCUT2D eigenvalue weighted by molar-refractivity contribution is 6.31. The number of urea groups is 1. The van der Waals surface area contributed by atoms with Crippen molar-refractivity contribution in [2.45, 2.75) is 0 Å². The lowest BCUT2D eigenvalue weighted by molar-refractivity contribution is 0.100. The highest BCUT2D eigenvalue weighted by atomic mass is 35.5. The van der Waals surface area contributed by atoms with Crippen molar-refractivity contribution < 1.29 is 14.3 Å². The molecular weight excluding hydrogens is 322 g/mol. The molecule has 0 saturated heterocycles. The van der Waals surface area contributed by atoms with E-state index in [4.69, 9.17) is 33.1 Å². The van der Waals surface area contributed by atoms with Gasteiger partial charge < -0.3 is 21.2 Å². The number of benzene rings is 1. The van der Waals surface area contributed by atoms with E-state index in [0.29, 0.717) is 22.0 Å². The van der Waals surface area contributed by atoms with Gasteiger partial charge in [-0.2, -0.15) is 5.26 Å². The Bertz CT molecular complexity index is 809. The Balaban J connectivity index is 2.53. The highest BCUT2D eigenvalue weighted by Gasteiger charge is 2.17. The smallest absolute Gasteiger partial charge is 0.317 e. The number of hydrogen-bond donors (Lipinski definition) is 4. The zero-order chi connectivity index (χ0) is 17.0. The quantitative estimate of drug-likeness (QED) is 0.660. The molecule has 1 aromatic heterocycles. The lowest BCUT2D eigenvalue weighted by Gasteiger charge is -2.08. The van der Waals surface area contributed by atoms with Gasteiger partial charge in [0, 0.05) is 10.6 Å². The fourth-order valence-electron chi connectivity index (χ4n) is 1.96. The van der Waals surface area contributed by atoms with Crippen LogP contribution >= 0.6 is 11.6 Å². The van der Waals surface area contributed by atoms with Crippen LogP contribution in [0.2, 0.25) is 5.02 Å². The molecule has 2 aromatic rings. The van der Waals surface area contributed by atoms with E-state index in [1.54, 1.807) is 18.2 Å². The summed E-state index contributed by atoms with van der Waals surface area (Å²) in [5, 5.41) is 11.3. The number of hydrogen-bond acceptors (Lipinski definition) is 4. The molecule has 0 aliphatic heterocycles. The van der Waals surface area contributed by atoms with Gasteiger partial charge in [0.25, 0.3) is 5.91 Å². The van der Waals surface area contributed by atoms with Crippen molar-refractivity contribution in [2.24, 2.45) is 11.5 Å². The first kappa shape index (κ1) is 16.2. The average Bonchev–Trinajstić information content (AvgIpc) is 2.89. The van der Waals surface area contributed by atoms with Crippen LogP contribution in [0.25, 0.3) is 11.3 Å². The summed E-state index contributed by atoms with van der Waals surface area (Å²) in [5.41, 5.74) is 11.3. The maximum Gasteiger partial charge on any atom is 0.317 e. The topological polar surface area (TPSA) is 147 Å². The number of nitrogens with one attached hydrogen (secondary N) is 2. The predicted octanol–water partition coefficient (Wildman–Crippen LogP) is 1.83. The van der Waals surface area contributed by atoms with Gasteiger partial charge in [-0.05, 0) is 24.3 Å². The van der Waals surface area contributed by atoms with E-state index in [9.17, 15) is 9.59 Å². The van der Waals surface area contributed by atoms with Gasteiger partial charge in [0.05, 0.1) is 11.3 Å². The van der Waals surface area contributed by atoms with Gasteiger partial charge in [-0.1, -0.05) is 11.6 Å². The molecule has 2 rings (SSSR count). The number of anilines is 1. The fourth-order valence-corrected chi connectivity index (χ4v) is 2.14. The minimum atomic E-state index is -0.854. The molecule has 0 unspecified atom stereocenters. The Labute approximate surface area is 136 Å². The van der Waals surface area contributed by atoms with Gasteiger partial charge in [0.2, 0.25) is 0 Å². The van der Waals surface area contributed by atoms with Gasteiger partial charge in [-0.15, -0.1) is 0 Å². The van der Waals surface area contributed by atoms with Crippen molar-refractivity contribution in [1.29, 1.82) is 5.26 Å². The maximum atomic E-state index is 11.5. The van der Waals surface area contributed by atoms with E-state index < -0.39 is 11.9 Å². The summed E-state index contributed by atoms with van der Waals surface area (Å²) in [6.45, 7) is -0.162. The van der Waals surface area contributed by atoms with E-state index in [0.717, 1.165) is 0 Å². The summed E-state index contributed by atoms with van der Waals surface area (Å²) >= 11 is 5.98. The Morgan fingerprint density at radius 3 is 2.70 bits per heavy atom. The number of ether oxygens (including phenoxy) is 1. The summed E-state index contributed by atoms with van der Waals surface area (Å²) in [4.78, 5) is 25.3. The van der Waals surface area contributed by atoms with E-state index in [-0.39, 0.29) is 18.0 Å². The average molecular weight is 334 g/mol. The number of halogens is 1. The largest absolute Gasteiger partial charge is 0.478 e. The van der Waals surface area contributed by atoms with Crippen LogP contribution in [0.1, 0.15) is 10.4 Å². The van der Waals surface area contributed by atoms with Crippen molar-refractivity contribution in [1.82, 2.24) is 4.98 Å². The van der Waals surface area contributed by atoms with Crippen LogP contribution in [0.3, 0.4) is 0 Å². The van der Waals surface area contributed by atoms with Crippen molar-refractivity contribution in [3.63, 3.8) is 0 Å². The number of amides is 3. The minimum Gasteiger partial charge on any atom is -0.478 e. The van der Waals surface area contributed by atoms with Crippen LogP contribution in [0.15, 0.2) is 24.3 Å². The first-order valence-corrected chi connectivity index (χ1v) is 6.69. The molecule has 6 N–H and O–H groups in total. The molecule has 118 valence electrons. The maximum absolute atomic E-state index is 11.5. The van der Waals surface area contributed by atoms with E-state index in [1.165, 1.54) is 6.07 Å². The molecule has 9 heteroatoms. The molecule has 1 aromatic carbocycles. The molecular formula is C14H12ClN5O3. The fraction of sp³-hybridized carbons (Fsp3) is 0.0714. The molecule has 0 aliphatic rings. The number of aromatic amines is 1. The summed E-state index contributed by atoms with van der Waals surface area (Å²) in [6.07, 6.45) is 0. The second kappa shape index (κ2) is 6.72. The van der Waals surface area contributed by atoms with Crippen LogP contribution in [0, 0.1) is 11.3 Å². The number of rotatable bonds is 5. The van der Waals surface area contributed by atoms with Crippen LogP contribution in [-0.4, -0.2) is 23.5 Å². The standard InChI is InChI=1S/C14H12ClN5O3/c15-7-1-2-11(23-4-3-16)8(5-7)10-6-9(12(17)21)13(19-10)20-14(18)22/h1-2,5-6,19H,4H2,(H2,17,21)(H3,18,20,22). The summed E-state index contributed by atoms with van der Waals surface area (Å²) in [7, 11) is 0. The number of nitriles is 1. The zero-order valence-corrected chi connectivity index (χ0v) is 12.5. The van der Waals surface area contributed by atoms with E-state index in [2.05, 4.69) is 10.3 Å². The van der Waals surface area contributed by atoms with Crippen molar-refractivity contribution in [2.75, 3.05) is 11.9 Å². The molecule has 0 fully saturated rings. The lowest BCUT2D eigenvalue weighted by atomic mass is 10.1. The Kier molecular flexibility index (Phi) is 4.73. The molecule has 1 heterocycles. The van der Waals surface area contributed by atoms with Crippen LogP contribution < -0.4 is 21.5 Å². The Morgan fingerprint density at radius 1 is 1.35 bits per heavy atom. The van der Waals surface area contributed by atoms with Gasteiger partial charge in [0.15, 0.2) is 6.61 Å². The highest BCUT2D eigenvalue weighted by Crippen LogP contribution is 2.34. The number of nitrogens with zero attached hydrogens (tertiary/aromatic N) is 1. The minimum absolute atomic E-state index is 0.0463. The third kappa shape index (κ3) is 3.72. The summed E-state index contributed by atoms with van der Waals surface area (Å²) in [6, 6.07) is 7.19. The number of carbonyl (C=O) groups excluding carboxylic acids is 2. The molecule has 3 amide bonds. The number of aromatic nitrogens is 1. The van der Waals surface area contributed by atoms with Gasteiger partial charge in [0.1, 0.15) is 17.6 Å². The van der Waals surface area contributed by atoms with Crippen LogP contribution in [0.4, 0.5) is 10.6 Å². The first-order valence-electron chi connectivity index (χ1n) is 6.31. The number of nitrogens with two attached hydrogens (primary N) is 2. The second-order valence-electron chi connectivity index (χ2n) is 4.41. The molecule has 0 aliphatic carbocycles. The zero-order valence-electron chi connectivity index (χ0n) is 11.7. The molecule has 0 bridgehead atoms. The Morgan fingerprint density at radius 2 is 2.09 bits per heavy atom. The molecule has 8 nitrogen and oxygen atoms in total. The number of H-pyrrole nitrogens is 1. The third-order valence-corrected chi connectivity index (χ3v) is 3.09. The van der Waals surface area contributed by atoms with Crippen molar-refractivity contribution in [3.05, 3.63) is 34.9 Å². The van der Waals surface area contributed by atoms with E-state index in [1.807, 2.05) is 6.07 Å². The monoisotopic (exact) mass is 333 g/mol.